The molecule has 0 radical (unpaired) electrons. The van der Waals surface area contributed by atoms with Gasteiger partial charge in [0, 0.05) is 5.69 Å². The van der Waals surface area contributed by atoms with Crippen molar-refractivity contribution in [2.75, 3.05) is 5.32 Å². The van der Waals surface area contributed by atoms with Gasteiger partial charge in [-0.15, -0.1) is 0 Å². The highest BCUT2D eigenvalue weighted by molar-refractivity contribution is 5.95. The summed E-state index contributed by atoms with van der Waals surface area (Å²) < 4.78 is 1.59. The van der Waals surface area contributed by atoms with E-state index in [9.17, 15) is 9.59 Å². The quantitative estimate of drug-likeness (QED) is 0.434. The number of hydrogen-bond acceptors (Lipinski definition) is 3. The lowest BCUT2D eigenvalue weighted by atomic mass is 9.95. The van der Waals surface area contributed by atoms with E-state index in [0.717, 1.165) is 5.56 Å². The maximum Gasteiger partial charge on any atom is 0.265 e. The summed E-state index contributed by atoms with van der Waals surface area (Å²) in [5, 5.41) is 3.56. The van der Waals surface area contributed by atoms with Gasteiger partial charge in [0.1, 0.15) is 5.82 Å². The molecule has 4 rings (SSSR count). The van der Waals surface area contributed by atoms with Crippen LogP contribution in [0.2, 0.25) is 0 Å². The summed E-state index contributed by atoms with van der Waals surface area (Å²) in [5.41, 5.74) is 2.98. The van der Waals surface area contributed by atoms with Crippen LogP contribution in [0.1, 0.15) is 44.5 Å². The Bertz CT molecular complexity index is 1250. The van der Waals surface area contributed by atoms with Crippen LogP contribution < -0.4 is 10.9 Å². The summed E-state index contributed by atoms with van der Waals surface area (Å²) in [7, 11) is 0. The summed E-state index contributed by atoms with van der Waals surface area (Å²) in [6.45, 7) is 7.82. The van der Waals surface area contributed by atoms with Crippen LogP contribution in [0.4, 0.5) is 5.69 Å². The molecule has 164 valence electrons. The molecule has 0 aliphatic rings. The number of nitrogens with zero attached hydrogens (tertiary/aromatic N) is 2. The van der Waals surface area contributed by atoms with Gasteiger partial charge in [-0.3, -0.25) is 14.2 Å². The third-order valence-corrected chi connectivity index (χ3v) is 5.26. The van der Waals surface area contributed by atoms with Gasteiger partial charge < -0.3 is 5.32 Å². The summed E-state index contributed by atoms with van der Waals surface area (Å²) in [5.74, 6) is 0.364. The summed E-state index contributed by atoms with van der Waals surface area (Å²) in [6.07, 6.45) is 0.714. The van der Waals surface area contributed by atoms with Gasteiger partial charge in [-0.05, 0) is 55.3 Å². The predicted molar refractivity (Wildman–Crippen MR) is 132 cm³/mol. The number of anilines is 1. The number of aromatic nitrogens is 2. The summed E-state index contributed by atoms with van der Waals surface area (Å²) >= 11 is 0. The van der Waals surface area contributed by atoms with Gasteiger partial charge in [0.15, 0.2) is 0 Å². The number of benzene rings is 3. The van der Waals surface area contributed by atoms with Crippen LogP contribution in [0, 0.1) is 6.92 Å². The molecule has 3 aromatic carbocycles. The first-order chi connectivity index (χ1) is 15.6. The highest BCUT2D eigenvalue weighted by Crippen LogP contribution is 2.22. The average molecular weight is 428 g/mol. The van der Waals surface area contributed by atoms with Crippen molar-refractivity contribution >= 4 is 22.5 Å². The number of amides is 1. The summed E-state index contributed by atoms with van der Waals surface area (Å²) in [6, 6.07) is 24.4. The van der Waals surface area contributed by atoms with Gasteiger partial charge in [0.2, 0.25) is 5.91 Å². The smallest absolute Gasteiger partial charge is 0.265 e. The summed E-state index contributed by atoms with van der Waals surface area (Å²) in [4.78, 5) is 30.3. The molecule has 1 unspecified atom stereocenters. The second-order valence-corrected chi connectivity index (χ2v) is 7.22. The van der Waals surface area contributed by atoms with Crippen molar-refractivity contribution in [2.24, 2.45) is 0 Å². The lowest BCUT2D eigenvalue weighted by Gasteiger charge is -2.16. The number of rotatable bonds is 5. The number of carbonyl (C=O) groups excluding carboxylic acids is 1. The topological polar surface area (TPSA) is 64.0 Å². The van der Waals surface area contributed by atoms with E-state index in [1.54, 1.807) is 10.6 Å². The molecule has 0 fully saturated rings. The van der Waals surface area contributed by atoms with Crippen molar-refractivity contribution in [3.63, 3.8) is 0 Å². The first-order valence-electron chi connectivity index (χ1n) is 11.0. The van der Waals surface area contributed by atoms with Gasteiger partial charge >= 0.3 is 0 Å². The Morgan fingerprint density at radius 2 is 1.56 bits per heavy atom. The maximum absolute atomic E-state index is 13.0. The van der Waals surface area contributed by atoms with E-state index in [1.165, 1.54) is 0 Å². The second-order valence-electron chi connectivity index (χ2n) is 7.22. The molecule has 4 aromatic rings. The molecule has 0 bridgehead atoms. The number of fused-ring (bicyclic) bond motifs is 1. The minimum atomic E-state index is -0.208. The Labute approximate surface area is 188 Å². The molecule has 1 aromatic heterocycles. The van der Waals surface area contributed by atoms with Crippen molar-refractivity contribution in [3.8, 4) is 5.69 Å². The zero-order valence-electron chi connectivity index (χ0n) is 19.0. The Hall–Kier alpha value is -3.73. The fourth-order valence-electron chi connectivity index (χ4n) is 3.73. The van der Waals surface area contributed by atoms with Crippen molar-refractivity contribution in [1.82, 2.24) is 9.55 Å². The molecular formula is C27H29N3O2. The zero-order valence-corrected chi connectivity index (χ0v) is 19.0. The minimum Gasteiger partial charge on any atom is -0.326 e. The second kappa shape index (κ2) is 10.5. The van der Waals surface area contributed by atoms with Gasteiger partial charge in [-0.25, -0.2) is 4.98 Å². The predicted octanol–water partition coefficient (Wildman–Crippen LogP) is 5.85. The Morgan fingerprint density at radius 1 is 0.938 bits per heavy atom. The van der Waals surface area contributed by atoms with Crippen LogP contribution >= 0.6 is 0 Å². The van der Waals surface area contributed by atoms with Crippen molar-refractivity contribution < 1.29 is 4.79 Å². The highest BCUT2D eigenvalue weighted by Gasteiger charge is 2.18. The van der Waals surface area contributed by atoms with E-state index in [-0.39, 0.29) is 17.4 Å². The first kappa shape index (κ1) is 22.9. The van der Waals surface area contributed by atoms with Gasteiger partial charge in [0.25, 0.3) is 5.56 Å². The normalized spacial score (nSPS) is 11.4. The molecule has 5 nitrogen and oxygen atoms in total. The number of para-hydroxylation sites is 1. The maximum atomic E-state index is 13.0. The number of aryl methyl sites for hydroxylation is 1. The lowest BCUT2D eigenvalue weighted by molar-refractivity contribution is -0.117. The lowest BCUT2D eigenvalue weighted by Crippen LogP contribution is -2.22. The van der Waals surface area contributed by atoms with E-state index in [4.69, 9.17) is 0 Å². The molecule has 1 amide bonds. The van der Waals surface area contributed by atoms with Gasteiger partial charge in [-0.2, -0.15) is 0 Å². The number of hydrogen-bond donors (Lipinski definition) is 1. The molecule has 1 N–H and O–H groups in total. The molecule has 1 atom stereocenters. The Balaban J connectivity index is 0.00000141. The Morgan fingerprint density at radius 3 is 2.22 bits per heavy atom. The van der Waals surface area contributed by atoms with Crippen LogP contribution in [-0.2, 0) is 4.79 Å². The van der Waals surface area contributed by atoms with Crippen LogP contribution in [0.15, 0.2) is 83.7 Å². The molecule has 0 aliphatic carbocycles. The third kappa shape index (κ3) is 4.78. The highest BCUT2D eigenvalue weighted by atomic mass is 16.2. The largest absolute Gasteiger partial charge is 0.326 e. The van der Waals surface area contributed by atoms with Crippen LogP contribution in [0.25, 0.3) is 16.6 Å². The van der Waals surface area contributed by atoms with E-state index in [1.807, 2.05) is 100 Å². The molecule has 0 saturated heterocycles. The van der Waals surface area contributed by atoms with Crippen molar-refractivity contribution in [1.29, 1.82) is 0 Å². The van der Waals surface area contributed by atoms with Crippen LogP contribution in [0.5, 0.6) is 0 Å². The molecule has 5 heteroatoms. The monoisotopic (exact) mass is 427 g/mol. The van der Waals surface area contributed by atoms with E-state index >= 15 is 0 Å². The van der Waals surface area contributed by atoms with Crippen LogP contribution in [0.3, 0.4) is 0 Å². The molecule has 0 spiro atoms. The number of nitrogens with one attached hydrogen (secondary N) is 1. The fourth-order valence-corrected chi connectivity index (χ4v) is 3.73. The van der Waals surface area contributed by atoms with E-state index in [2.05, 4.69) is 10.3 Å². The van der Waals surface area contributed by atoms with E-state index < -0.39 is 0 Å². The molecule has 0 aliphatic heterocycles. The fraction of sp³-hybridized carbons (Fsp3) is 0.222. The molecule has 1 heterocycles. The molecule has 0 saturated carbocycles. The minimum absolute atomic E-state index is 0.0443. The zero-order chi connectivity index (χ0) is 23.1. The molecule has 32 heavy (non-hydrogen) atoms. The van der Waals surface area contributed by atoms with E-state index in [0.29, 0.717) is 34.5 Å². The Kier molecular flexibility index (Phi) is 7.55. The molecular weight excluding hydrogens is 398 g/mol. The van der Waals surface area contributed by atoms with Crippen LogP contribution in [-0.4, -0.2) is 15.5 Å². The van der Waals surface area contributed by atoms with Gasteiger partial charge in [-0.1, -0.05) is 63.2 Å². The third-order valence-electron chi connectivity index (χ3n) is 5.26. The SMILES string of the molecule is CC.CCC(C(=O)Nc1ccc(-n2c(C)nc3ccccc3c2=O)cc1)c1ccccc1. The standard InChI is InChI=1S/C25H23N3O2.C2H6/c1-3-21(18-9-5-4-6-10-18)24(29)27-19-13-15-20(16-14-19)28-17(2)26-23-12-8-7-11-22(23)25(28)30;1-2/h4-16,21H,3H2,1-2H3,(H,27,29);1-2H3. The number of carbonyl (C=O) groups is 1. The average Bonchev–Trinajstić information content (AvgIpc) is 2.83. The van der Waals surface area contributed by atoms with Gasteiger partial charge in [0.05, 0.1) is 22.5 Å². The van der Waals surface area contributed by atoms with Crippen molar-refractivity contribution in [2.45, 2.75) is 40.0 Å². The van der Waals surface area contributed by atoms with Crippen molar-refractivity contribution in [3.05, 3.63) is 101 Å². The first-order valence-corrected chi connectivity index (χ1v) is 11.0.